The molecular weight excluding hydrogens is 160 g/mol. The van der Waals surface area contributed by atoms with E-state index >= 15 is 0 Å². The summed E-state index contributed by atoms with van der Waals surface area (Å²) in [6.07, 6.45) is 1.83. The quantitative estimate of drug-likeness (QED) is 0.484. The Hall–Kier alpha value is -0.790. The Morgan fingerprint density at radius 3 is 2.00 bits per heavy atom. The molecule has 2 nitrogen and oxygen atoms in total. The van der Waals surface area contributed by atoms with Gasteiger partial charge in [0.1, 0.15) is 5.84 Å². The zero-order chi connectivity index (χ0) is 10.5. The molecule has 0 amide bonds. The highest BCUT2D eigenvalue weighted by Crippen LogP contribution is 2.08. The van der Waals surface area contributed by atoms with Crippen LogP contribution in [0.4, 0.5) is 0 Å². The summed E-state index contributed by atoms with van der Waals surface area (Å²) in [5.74, 6) is 0.998. The second kappa shape index (κ2) is 5.05. The molecule has 0 rings (SSSR count). The molecule has 13 heavy (non-hydrogen) atoms. The van der Waals surface area contributed by atoms with Gasteiger partial charge >= 0.3 is 0 Å². The third kappa shape index (κ3) is 4.71. The SMILES string of the molecule is C=CC(=NC(C)(C)C)N(CC)CC. The molecule has 0 spiro atoms. The van der Waals surface area contributed by atoms with Crippen molar-refractivity contribution < 1.29 is 0 Å². The maximum absolute atomic E-state index is 4.59. The molecule has 0 fully saturated rings. The summed E-state index contributed by atoms with van der Waals surface area (Å²) >= 11 is 0. The standard InChI is InChI=1S/C11H22N2/c1-7-10(12-11(4,5)6)13(8-2)9-3/h7H,1,8-9H2,2-6H3. The van der Waals surface area contributed by atoms with Crippen LogP contribution in [0, 0.1) is 0 Å². The summed E-state index contributed by atoms with van der Waals surface area (Å²) in [5.41, 5.74) is -0.0217. The third-order valence-corrected chi connectivity index (χ3v) is 1.72. The second-order valence-corrected chi connectivity index (χ2v) is 4.02. The molecule has 0 aromatic rings. The molecular formula is C11H22N2. The smallest absolute Gasteiger partial charge is 0.123 e. The van der Waals surface area contributed by atoms with Gasteiger partial charge in [-0.2, -0.15) is 0 Å². The van der Waals surface area contributed by atoms with Gasteiger partial charge < -0.3 is 4.90 Å². The minimum atomic E-state index is -0.0217. The van der Waals surface area contributed by atoms with Crippen molar-refractivity contribution in [2.75, 3.05) is 13.1 Å². The maximum Gasteiger partial charge on any atom is 0.123 e. The van der Waals surface area contributed by atoms with Gasteiger partial charge in [0, 0.05) is 13.1 Å². The van der Waals surface area contributed by atoms with Crippen molar-refractivity contribution in [3.63, 3.8) is 0 Å². The molecule has 0 bridgehead atoms. The minimum absolute atomic E-state index is 0.0217. The summed E-state index contributed by atoms with van der Waals surface area (Å²) < 4.78 is 0. The van der Waals surface area contributed by atoms with Crippen molar-refractivity contribution in [2.24, 2.45) is 4.99 Å². The predicted molar refractivity (Wildman–Crippen MR) is 60.3 cm³/mol. The van der Waals surface area contributed by atoms with Crippen molar-refractivity contribution in [2.45, 2.75) is 40.2 Å². The summed E-state index contributed by atoms with van der Waals surface area (Å²) in [6, 6.07) is 0. The molecule has 0 saturated carbocycles. The van der Waals surface area contributed by atoms with E-state index in [1.807, 2.05) is 6.08 Å². The summed E-state index contributed by atoms with van der Waals surface area (Å²) in [6.45, 7) is 16.3. The van der Waals surface area contributed by atoms with Crippen molar-refractivity contribution >= 4 is 5.84 Å². The van der Waals surface area contributed by atoms with Gasteiger partial charge in [-0.1, -0.05) is 6.58 Å². The van der Waals surface area contributed by atoms with Crippen molar-refractivity contribution in [3.8, 4) is 0 Å². The van der Waals surface area contributed by atoms with Gasteiger partial charge in [-0.15, -0.1) is 0 Å². The summed E-state index contributed by atoms with van der Waals surface area (Å²) in [7, 11) is 0. The van der Waals surface area contributed by atoms with E-state index in [1.165, 1.54) is 0 Å². The normalized spacial score (nSPS) is 12.8. The predicted octanol–water partition coefficient (Wildman–Crippen LogP) is 2.71. The Labute approximate surface area is 82.4 Å². The first-order valence-electron chi connectivity index (χ1n) is 4.91. The highest BCUT2D eigenvalue weighted by Gasteiger charge is 2.10. The molecule has 2 heteroatoms. The van der Waals surface area contributed by atoms with Crippen LogP contribution in [-0.4, -0.2) is 29.4 Å². The van der Waals surface area contributed by atoms with Crippen LogP contribution in [0.5, 0.6) is 0 Å². The zero-order valence-corrected chi connectivity index (χ0v) is 9.59. The van der Waals surface area contributed by atoms with Crippen LogP contribution in [0.2, 0.25) is 0 Å². The number of aliphatic imine (C=N–C) groups is 1. The van der Waals surface area contributed by atoms with E-state index in [0.717, 1.165) is 18.9 Å². The van der Waals surface area contributed by atoms with Gasteiger partial charge in [-0.25, -0.2) is 0 Å². The number of rotatable bonds is 3. The lowest BCUT2D eigenvalue weighted by Gasteiger charge is -2.24. The van der Waals surface area contributed by atoms with Crippen LogP contribution in [0.15, 0.2) is 17.6 Å². The van der Waals surface area contributed by atoms with E-state index in [2.05, 4.69) is 51.1 Å². The topological polar surface area (TPSA) is 15.6 Å². The highest BCUT2D eigenvalue weighted by molar-refractivity contribution is 5.92. The van der Waals surface area contributed by atoms with Gasteiger partial charge in [0.2, 0.25) is 0 Å². The van der Waals surface area contributed by atoms with Gasteiger partial charge in [-0.05, 0) is 40.7 Å². The average Bonchev–Trinajstić information content (AvgIpc) is 2.02. The molecule has 0 N–H and O–H groups in total. The fourth-order valence-corrected chi connectivity index (χ4v) is 1.14. The third-order valence-electron chi connectivity index (χ3n) is 1.72. The van der Waals surface area contributed by atoms with Crippen molar-refractivity contribution in [1.82, 2.24) is 4.90 Å². The van der Waals surface area contributed by atoms with Crippen LogP contribution in [0.3, 0.4) is 0 Å². The van der Waals surface area contributed by atoms with Crippen LogP contribution in [0.1, 0.15) is 34.6 Å². The lowest BCUT2D eigenvalue weighted by Crippen LogP contribution is -2.31. The number of nitrogens with zero attached hydrogens (tertiary/aromatic N) is 2. The minimum Gasteiger partial charge on any atom is -0.357 e. The largest absolute Gasteiger partial charge is 0.357 e. The molecule has 0 unspecified atom stereocenters. The molecule has 0 heterocycles. The maximum atomic E-state index is 4.59. The molecule has 0 aliphatic rings. The first kappa shape index (κ1) is 12.2. The molecule has 0 atom stereocenters. The van der Waals surface area contributed by atoms with Crippen LogP contribution in [-0.2, 0) is 0 Å². The first-order valence-corrected chi connectivity index (χ1v) is 4.91. The zero-order valence-electron chi connectivity index (χ0n) is 9.59. The lowest BCUT2D eigenvalue weighted by molar-refractivity contribution is 0.454. The molecule has 76 valence electrons. The molecule has 0 aliphatic carbocycles. The fourth-order valence-electron chi connectivity index (χ4n) is 1.14. The van der Waals surface area contributed by atoms with E-state index in [4.69, 9.17) is 0 Å². The summed E-state index contributed by atoms with van der Waals surface area (Å²) in [4.78, 5) is 6.80. The molecule has 0 radical (unpaired) electrons. The molecule has 0 aromatic carbocycles. The van der Waals surface area contributed by atoms with Gasteiger partial charge in [0.15, 0.2) is 0 Å². The van der Waals surface area contributed by atoms with E-state index in [-0.39, 0.29) is 5.54 Å². The van der Waals surface area contributed by atoms with E-state index < -0.39 is 0 Å². The second-order valence-electron chi connectivity index (χ2n) is 4.02. The van der Waals surface area contributed by atoms with Crippen LogP contribution in [0.25, 0.3) is 0 Å². The Balaban J connectivity index is 4.67. The highest BCUT2D eigenvalue weighted by atomic mass is 15.2. The van der Waals surface area contributed by atoms with Gasteiger partial charge in [0.25, 0.3) is 0 Å². The van der Waals surface area contributed by atoms with E-state index in [9.17, 15) is 0 Å². The average molecular weight is 182 g/mol. The number of amidine groups is 1. The Bertz CT molecular complexity index is 183. The van der Waals surface area contributed by atoms with Crippen LogP contribution < -0.4 is 0 Å². The van der Waals surface area contributed by atoms with Crippen molar-refractivity contribution in [1.29, 1.82) is 0 Å². The molecule has 0 saturated heterocycles. The van der Waals surface area contributed by atoms with Crippen molar-refractivity contribution in [3.05, 3.63) is 12.7 Å². The number of hydrogen-bond donors (Lipinski definition) is 0. The van der Waals surface area contributed by atoms with Crippen LogP contribution >= 0.6 is 0 Å². The van der Waals surface area contributed by atoms with E-state index in [0.29, 0.717) is 0 Å². The molecule has 0 aromatic heterocycles. The fraction of sp³-hybridized carbons (Fsp3) is 0.727. The Morgan fingerprint density at radius 1 is 1.31 bits per heavy atom. The molecule has 0 aliphatic heterocycles. The monoisotopic (exact) mass is 182 g/mol. The Morgan fingerprint density at radius 2 is 1.77 bits per heavy atom. The lowest BCUT2D eigenvalue weighted by atomic mass is 10.1. The van der Waals surface area contributed by atoms with Gasteiger partial charge in [0.05, 0.1) is 5.54 Å². The Kier molecular flexibility index (Phi) is 4.74. The number of likely N-dealkylation sites (N-methyl/N-ethyl adjacent to an activating group) is 1. The van der Waals surface area contributed by atoms with Gasteiger partial charge in [-0.3, -0.25) is 4.99 Å². The van der Waals surface area contributed by atoms with E-state index in [1.54, 1.807) is 0 Å². The summed E-state index contributed by atoms with van der Waals surface area (Å²) in [5, 5.41) is 0. The number of hydrogen-bond acceptors (Lipinski definition) is 1. The first-order chi connectivity index (χ1) is 5.94.